The van der Waals surface area contributed by atoms with Crippen molar-refractivity contribution >= 4 is 0 Å². The molecule has 0 aromatic rings. The van der Waals surface area contributed by atoms with Crippen molar-refractivity contribution in [2.45, 2.75) is 20.3 Å². The molecule has 0 spiro atoms. The Morgan fingerprint density at radius 3 is 2.67 bits per heavy atom. The molecule has 0 radical (unpaired) electrons. The molecule has 0 saturated carbocycles. The SMILES string of the molecule is C=CC1CC=C(C)[C@@H]1C. The maximum Gasteiger partial charge on any atom is -0.0139 e. The second-order valence-corrected chi connectivity index (χ2v) is 2.87. The van der Waals surface area contributed by atoms with Gasteiger partial charge in [-0.2, -0.15) is 0 Å². The summed E-state index contributed by atoms with van der Waals surface area (Å²) < 4.78 is 0. The van der Waals surface area contributed by atoms with E-state index >= 15 is 0 Å². The zero-order valence-corrected chi connectivity index (χ0v) is 6.22. The Labute approximate surface area is 57.3 Å². The summed E-state index contributed by atoms with van der Waals surface area (Å²) in [6.07, 6.45) is 5.59. The molecule has 0 aliphatic heterocycles. The van der Waals surface area contributed by atoms with E-state index in [4.69, 9.17) is 0 Å². The van der Waals surface area contributed by atoms with Crippen LogP contribution in [-0.2, 0) is 0 Å². The van der Waals surface area contributed by atoms with Crippen molar-refractivity contribution in [3.63, 3.8) is 0 Å². The lowest BCUT2D eigenvalue weighted by atomic mass is 9.94. The molecule has 0 aromatic carbocycles. The van der Waals surface area contributed by atoms with E-state index in [-0.39, 0.29) is 0 Å². The summed E-state index contributed by atoms with van der Waals surface area (Å²) in [5.74, 6) is 1.45. The summed E-state index contributed by atoms with van der Waals surface area (Å²) in [6, 6.07) is 0. The van der Waals surface area contributed by atoms with Gasteiger partial charge in [-0.1, -0.05) is 24.6 Å². The van der Waals surface area contributed by atoms with Gasteiger partial charge in [0.05, 0.1) is 0 Å². The first-order chi connectivity index (χ1) is 4.25. The van der Waals surface area contributed by atoms with Gasteiger partial charge in [0, 0.05) is 0 Å². The summed E-state index contributed by atoms with van der Waals surface area (Å²) in [5, 5.41) is 0. The van der Waals surface area contributed by atoms with Gasteiger partial charge in [0.1, 0.15) is 0 Å². The molecule has 0 bridgehead atoms. The van der Waals surface area contributed by atoms with E-state index in [9.17, 15) is 0 Å². The first-order valence-electron chi connectivity index (χ1n) is 3.55. The fourth-order valence-corrected chi connectivity index (χ4v) is 1.35. The lowest BCUT2D eigenvalue weighted by molar-refractivity contribution is 0.535. The van der Waals surface area contributed by atoms with Crippen molar-refractivity contribution in [2.75, 3.05) is 0 Å². The standard InChI is InChI=1S/C9H14/c1-4-9-6-5-7(2)8(9)3/h4-5,8-9H,1,6H2,2-3H3/t8-,9?/m0/s1. The second-order valence-electron chi connectivity index (χ2n) is 2.87. The normalized spacial score (nSPS) is 34.2. The predicted octanol–water partition coefficient (Wildman–Crippen LogP) is 2.77. The highest BCUT2D eigenvalue weighted by Crippen LogP contribution is 2.31. The van der Waals surface area contributed by atoms with E-state index in [0.29, 0.717) is 5.92 Å². The Balaban J connectivity index is 2.61. The van der Waals surface area contributed by atoms with Crippen molar-refractivity contribution in [3.05, 3.63) is 24.3 Å². The van der Waals surface area contributed by atoms with E-state index in [1.807, 2.05) is 0 Å². The van der Waals surface area contributed by atoms with Crippen LogP contribution in [0.3, 0.4) is 0 Å². The Kier molecular flexibility index (Phi) is 1.75. The van der Waals surface area contributed by atoms with Crippen molar-refractivity contribution < 1.29 is 0 Å². The van der Waals surface area contributed by atoms with Gasteiger partial charge in [-0.3, -0.25) is 0 Å². The summed E-state index contributed by atoms with van der Waals surface area (Å²) >= 11 is 0. The first-order valence-corrected chi connectivity index (χ1v) is 3.55. The molecule has 50 valence electrons. The van der Waals surface area contributed by atoms with Crippen LogP contribution in [-0.4, -0.2) is 0 Å². The molecule has 0 N–H and O–H groups in total. The Morgan fingerprint density at radius 1 is 1.78 bits per heavy atom. The maximum atomic E-state index is 3.79. The van der Waals surface area contributed by atoms with Crippen molar-refractivity contribution in [3.8, 4) is 0 Å². The van der Waals surface area contributed by atoms with Gasteiger partial charge >= 0.3 is 0 Å². The quantitative estimate of drug-likeness (QED) is 0.469. The van der Waals surface area contributed by atoms with Crippen LogP contribution < -0.4 is 0 Å². The van der Waals surface area contributed by atoms with Gasteiger partial charge in [-0.05, 0) is 25.2 Å². The van der Waals surface area contributed by atoms with Crippen LogP contribution in [0.5, 0.6) is 0 Å². The summed E-state index contributed by atoms with van der Waals surface area (Å²) in [6.45, 7) is 8.27. The highest BCUT2D eigenvalue weighted by Gasteiger charge is 2.19. The molecule has 0 aromatic heterocycles. The van der Waals surface area contributed by atoms with Gasteiger partial charge in [-0.15, -0.1) is 6.58 Å². The average Bonchev–Trinajstić information content (AvgIpc) is 2.15. The number of allylic oxidation sites excluding steroid dienone is 3. The molecule has 1 unspecified atom stereocenters. The van der Waals surface area contributed by atoms with Crippen molar-refractivity contribution in [1.82, 2.24) is 0 Å². The van der Waals surface area contributed by atoms with Crippen LogP contribution in [0.1, 0.15) is 20.3 Å². The Bertz CT molecular complexity index is 142. The van der Waals surface area contributed by atoms with Crippen molar-refractivity contribution in [2.24, 2.45) is 11.8 Å². The van der Waals surface area contributed by atoms with E-state index in [1.54, 1.807) is 0 Å². The highest BCUT2D eigenvalue weighted by atomic mass is 14.2. The highest BCUT2D eigenvalue weighted by molar-refractivity contribution is 5.14. The van der Waals surface area contributed by atoms with Gasteiger partial charge in [-0.25, -0.2) is 0 Å². The summed E-state index contributed by atoms with van der Waals surface area (Å²) in [7, 11) is 0. The van der Waals surface area contributed by atoms with Crippen LogP contribution in [0.2, 0.25) is 0 Å². The van der Waals surface area contributed by atoms with Gasteiger partial charge in [0.15, 0.2) is 0 Å². The molecule has 1 aliphatic carbocycles. The van der Waals surface area contributed by atoms with Crippen LogP contribution >= 0.6 is 0 Å². The van der Waals surface area contributed by atoms with Gasteiger partial charge in [0.25, 0.3) is 0 Å². The predicted molar refractivity (Wildman–Crippen MR) is 41.2 cm³/mol. The molecule has 2 atom stereocenters. The molecule has 9 heavy (non-hydrogen) atoms. The number of hydrogen-bond donors (Lipinski definition) is 0. The molecule has 0 saturated heterocycles. The minimum atomic E-state index is 0.713. The third-order valence-electron chi connectivity index (χ3n) is 2.38. The van der Waals surface area contributed by atoms with Crippen LogP contribution in [0.15, 0.2) is 24.3 Å². The zero-order valence-electron chi connectivity index (χ0n) is 6.22. The molecule has 0 heteroatoms. The van der Waals surface area contributed by atoms with E-state index in [0.717, 1.165) is 5.92 Å². The molecule has 1 rings (SSSR count). The van der Waals surface area contributed by atoms with Gasteiger partial charge in [0.2, 0.25) is 0 Å². The van der Waals surface area contributed by atoms with Gasteiger partial charge < -0.3 is 0 Å². The topological polar surface area (TPSA) is 0 Å². The molecule has 1 aliphatic rings. The summed E-state index contributed by atoms with van der Waals surface area (Å²) in [5.41, 5.74) is 1.53. The molecule has 0 nitrogen and oxygen atoms in total. The first kappa shape index (κ1) is 6.60. The molecule has 0 amide bonds. The number of rotatable bonds is 1. The summed E-state index contributed by atoms with van der Waals surface area (Å²) in [4.78, 5) is 0. The average molecular weight is 122 g/mol. The smallest absolute Gasteiger partial charge is 0.0139 e. The third-order valence-corrected chi connectivity index (χ3v) is 2.38. The minimum Gasteiger partial charge on any atom is -0.103 e. The fraction of sp³-hybridized carbons (Fsp3) is 0.556. The van der Waals surface area contributed by atoms with Crippen LogP contribution in [0, 0.1) is 11.8 Å². The zero-order chi connectivity index (χ0) is 6.85. The van der Waals surface area contributed by atoms with Crippen LogP contribution in [0.4, 0.5) is 0 Å². The lowest BCUT2D eigenvalue weighted by Gasteiger charge is -2.11. The monoisotopic (exact) mass is 122 g/mol. The molecular weight excluding hydrogens is 108 g/mol. The fourth-order valence-electron chi connectivity index (χ4n) is 1.35. The maximum absolute atomic E-state index is 3.79. The van der Waals surface area contributed by atoms with E-state index in [2.05, 4.69) is 32.6 Å². The van der Waals surface area contributed by atoms with E-state index in [1.165, 1.54) is 12.0 Å². The second kappa shape index (κ2) is 2.38. The van der Waals surface area contributed by atoms with Crippen LogP contribution in [0.25, 0.3) is 0 Å². The minimum absolute atomic E-state index is 0.713. The lowest BCUT2D eigenvalue weighted by Crippen LogP contribution is -2.01. The Hall–Kier alpha value is -0.520. The third kappa shape index (κ3) is 1.07. The Morgan fingerprint density at radius 2 is 2.44 bits per heavy atom. The van der Waals surface area contributed by atoms with E-state index < -0.39 is 0 Å². The largest absolute Gasteiger partial charge is 0.103 e. The number of hydrogen-bond acceptors (Lipinski definition) is 0. The molecule has 0 heterocycles. The van der Waals surface area contributed by atoms with Crippen molar-refractivity contribution in [1.29, 1.82) is 0 Å². The molecule has 0 fully saturated rings. The molecular formula is C9H14.